The maximum atomic E-state index is 12.9. The molecule has 7 heteroatoms. The molecule has 1 aromatic heterocycles. The fraction of sp³-hybridized carbons (Fsp3) is 0.526. The van der Waals surface area contributed by atoms with Gasteiger partial charge in [0.05, 0.1) is 28.9 Å². The van der Waals surface area contributed by atoms with Crippen LogP contribution in [0.3, 0.4) is 0 Å². The van der Waals surface area contributed by atoms with Crippen molar-refractivity contribution in [2.75, 3.05) is 19.7 Å². The molecule has 0 radical (unpaired) electrons. The van der Waals surface area contributed by atoms with Crippen LogP contribution in [0.25, 0.3) is 10.9 Å². The number of aliphatic hydroxyl groups excluding tert-OH is 1. The second kappa shape index (κ2) is 6.48. The topological polar surface area (TPSA) is 84.7 Å². The maximum Gasteiger partial charge on any atom is 0.260 e. The average Bonchev–Trinajstić information content (AvgIpc) is 2.67. The summed E-state index contributed by atoms with van der Waals surface area (Å²) in [5.74, 6) is -0.0745. The van der Waals surface area contributed by atoms with Gasteiger partial charge in [-0.05, 0) is 43.9 Å². The van der Waals surface area contributed by atoms with Crippen molar-refractivity contribution in [1.82, 2.24) is 14.5 Å². The van der Waals surface area contributed by atoms with Gasteiger partial charge in [-0.2, -0.15) is 0 Å². The molecule has 0 aliphatic carbocycles. The number of aliphatic hydroxyl groups is 1. The number of hydrogen-bond acceptors (Lipinski definition) is 5. The van der Waals surface area contributed by atoms with Gasteiger partial charge in [0.1, 0.15) is 0 Å². The molecule has 26 heavy (non-hydrogen) atoms. The van der Waals surface area contributed by atoms with E-state index >= 15 is 0 Å². The summed E-state index contributed by atoms with van der Waals surface area (Å²) in [6.07, 6.45) is 3.95. The molecule has 0 saturated carbocycles. The van der Waals surface area contributed by atoms with Crippen LogP contribution in [-0.4, -0.2) is 56.9 Å². The fourth-order valence-corrected chi connectivity index (χ4v) is 4.00. The Morgan fingerprint density at radius 1 is 1.35 bits per heavy atom. The molecule has 2 fully saturated rings. The summed E-state index contributed by atoms with van der Waals surface area (Å²) in [4.78, 5) is 31.0. The molecular formula is C19H23N3O4. The highest BCUT2D eigenvalue weighted by molar-refractivity contribution is 5.97. The smallest absolute Gasteiger partial charge is 0.260 e. The van der Waals surface area contributed by atoms with E-state index in [0.29, 0.717) is 49.0 Å². The van der Waals surface area contributed by atoms with Crippen molar-refractivity contribution in [3.8, 4) is 0 Å². The summed E-state index contributed by atoms with van der Waals surface area (Å²) in [6.45, 7) is 1.78. The van der Waals surface area contributed by atoms with Crippen LogP contribution in [0.4, 0.5) is 0 Å². The number of ether oxygens (including phenoxy) is 1. The van der Waals surface area contributed by atoms with Crippen molar-refractivity contribution in [2.24, 2.45) is 7.05 Å². The molecule has 7 nitrogen and oxygen atoms in total. The zero-order chi connectivity index (χ0) is 18.3. The summed E-state index contributed by atoms with van der Waals surface area (Å²) >= 11 is 0. The van der Waals surface area contributed by atoms with Gasteiger partial charge in [-0.1, -0.05) is 0 Å². The Balaban J connectivity index is 1.53. The zero-order valence-corrected chi connectivity index (χ0v) is 14.9. The van der Waals surface area contributed by atoms with Gasteiger partial charge in [0.25, 0.3) is 11.5 Å². The standard InChI is InChI=1S/C19H23N3O4/c1-21-12-20-15-11-13(4-5-14(15)18(21)25)17(24)22-8-6-19(7-9-22)16(23)3-2-10-26-19/h4-5,11-12,16,23H,2-3,6-10H2,1H3/t16-/m1/s1. The molecule has 1 spiro atoms. The third-order valence-corrected chi connectivity index (χ3v) is 5.68. The van der Waals surface area contributed by atoms with Gasteiger partial charge in [-0.15, -0.1) is 0 Å². The van der Waals surface area contributed by atoms with E-state index in [1.165, 1.54) is 10.9 Å². The van der Waals surface area contributed by atoms with Gasteiger partial charge >= 0.3 is 0 Å². The van der Waals surface area contributed by atoms with Gasteiger partial charge in [0.15, 0.2) is 0 Å². The molecule has 2 aromatic rings. The van der Waals surface area contributed by atoms with Crippen LogP contribution in [0.2, 0.25) is 0 Å². The van der Waals surface area contributed by atoms with Crippen molar-refractivity contribution < 1.29 is 14.6 Å². The number of fused-ring (bicyclic) bond motifs is 1. The van der Waals surface area contributed by atoms with Gasteiger partial charge < -0.3 is 19.3 Å². The normalized spacial score (nSPS) is 22.7. The van der Waals surface area contributed by atoms with Crippen LogP contribution in [-0.2, 0) is 11.8 Å². The third kappa shape index (κ3) is 2.81. The Labute approximate surface area is 151 Å². The molecular weight excluding hydrogens is 334 g/mol. The van der Waals surface area contributed by atoms with E-state index in [9.17, 15) is 14.7 Å². The average molecular weight is 357 g/mol. The predicted octanol–water partition coefficient (Wildman–Crippen LogP) is 1.08. The molecule has 1 aromatic carbocycles. The lowest BCUT2D eigenvalue weighted by Crippen LogP contribution is -2.56. The maximum absolute atomic E-state index is 12.9. The highest BCUT2D eigenvalue weighted by Gasteiger charge is 2.44. The summed E-state index contributed by atoms with van der Waals surface area (Å²) < 4.78 is 7.32. The van der Waals surface area contributed by atoms with E-state index in [4.69, 9.17) is 4.74 Å². The number of hydrogen-bond donors (Lipinski definition) is 1. The fourth-order valence-electron chi connectivity index (χ4n) is 4.00. The molecule has 4 rings (SSSR count). The van der Waals surface area contributed by atoms with Gasteiger partial charge in [0.2, 0.25) is 0 Å². The number of nitrogens with zero attached hydrogens (tertiary/aromatic N) is 3. The Bertz CT molecular complexity index is 899. The van der Waals surface area contributed by atoms with Crippen molar-refractivity contribution in [2.45, 2.75) is 37.4 Å². The van der Waals surface area contributed by atoms with Crippen LogP contribution >= 0.6 is 0 Å². The van der Waals surface area contributed by atoms with Crippen LogP contribution in [0.1, 0.15) is 36.0 Å². The minimum Gasteiger partial charge on any atom is -0.390 e. The molecule has 2 aliphatic rings. The number of carbonyl (C=O) groups excluding carboxylic acids is 1. The third-order valence-electron chi connectivity index (χ3n) is 5.68. The molecule has 2 aliphatic heterocycles. The number of piperidine rings is 1. The second-order valence-corrected chi connectivity index (χ2v) is 7.26. The highest BCUT2D eigenvalue weighted by atomic mass is 16.5. The van der Waals surface area contributed by atoms with Crippen LogP contribution < -0.4 is 5.56 Å². The molecule has 0 bridgehead atoms. The predicted molar refractivity (Wildman–Crippen MR) is 96.0 cm³/mol. The minimum absolute atomic E-state index is 0.0745. The molecule has 0 unspecified atom stereocenters. The lowest BCUT2D eigenvalue weighted by Gasteiger charge is -2.46. The zero-order valence-electron chi connectivity index (χ0n) is 14.9. The van der Waals surface area contributed by atoms with Crippen molar-refractivity contribution in [3.05, 3.63) is 40.4 Å². The van der Waals surface area contributed by atoms with Crippen LogP contribution in [0, 0.1) is 0 Å². The van der Waals surface area contributed by atoms with E-state index in [2.05, 4.69) is 4.98 Å². The second-order valence-electron chi connectivity index (χ2n) is 7.26. The Hall–Kier alpha value is -2.25. The van der Waals surface area contributed by atoms with Crippen molar-refractivity contribution in [3.63, 3.8) is 0 Å². The number of amides is 1. The van der Waals surface area contributed by atoms with Gasteiger partial charge in [0, 0.05) is 32.3 Å². The van der Waals surface area contributed by atoms with Gasteiger partial charge in [-0.25, -0.2) is 4.98 Å². The first-order valence-electron chi connectivity index (χ1n) is 9.07. The monoisotopic (exact) mass is 357 g/mol. The number of benzene rings is 1. The summed E-state index contributed by atoms with van der Waals surface area (Å²) in [5, 5.41) is 10.8. The Kier molecular flexibility index (Phi) is 4.28. The first-order chi connectivity index (χ1) is 12.5. The largest absolute Gasteiger partial charge is 0.390 e. The van der Waals surface area contributed by atoms with E-state index in [1.54, 1.807) is 30.1 Å². The first-order valence-corrected chi connectivity index (χ1v) is 9.07. The summed E-state index contributed by atoms with van der Waals surface area (Å²) in [5.41, 5.74) is 0.432. The van der Waals surface area contributed by atoms with E-state index in [0.717, 1.165) is 12.8 Å². The lowest BCUT2D eigenvalue weighted by atomic mass is 9.82. The number of aryl methyl sites for hydroxylation is 1. The van der Waals surface area contributed by atoms with Crippen LogP contribution in [0.15, 0.2) is 29.3 Å². The van der Waals surface area contributed by atoms with E-state index in [-0.39, 0.29) is 11.5 Å². The Morgan fingerprint density at radius 3 is 2.85 bits per heavy atom. The Morgan fingerprint density at radius 2 is 2.12 bits per heavy atom. The number of carbonyl (C=O) groups is 1. The number of rotatable bonds is 1. The minimum atomic E-state index is -0.494. The molecule has 1 amide bonds. The summed E-state index contributed by atoms with van der Waals surface area (Å²) in [6, 6.07) is 5.02. The number of aromatic nitrogens is 2. The first kappa shape index (κ1) is 17.2. The molecule has 2 saturated heterocycles. The molecule has 138 valence electrons. The SMILES string of the molecule is Cn1cnc2cc(C(=O)N3CCC4(CC3)OCCC[C@H]4O)ccc2c1=O. The number of likely N-dealkylation sites (tertiary alicyclic amines) is 1. The van der Waals surface area contributed by atoms with E-state index < -0.39 is 11.7 Å². The molecule has 1 N–H and O–H groups in total. The van der Waals surface area contributed by atoms with Crippen molar-refractivity contribution >= 4 is 16.8 Å². The van der Waals surface area contributed by atoms with Crippen LogP contribution in [0.5, 0.6) is 0 Å². The highest BCUT2D eigenvalue weighted by Crippen LogP contribution is 2.35. The summed E-state index contributed by atoms with van der Waals surface area (Å²) in [7, 11) is 1.65. The van der Waals surface area contributed by atoms with Crippen molar-refractivity contribution in [1.29, 1.82) is 0 Å². The lowest BCUT2D eigenvalue weighted by molar-refractivity contribution is -0.174. The quantitative estimate of drug-likeness (QED) is 0.826. The van der Waals surface area contributed by atoms with Gasteiger partial charge in [-0.3, -0.25) is 9.59 Å². The van der Waals surface area contributed by atoms with E-state index in [1.807, 2.05) is 0 Å². The molecule has 3 heterocycles. The molecule has 1 atom stereocenters.